The maximum Gasteiger partial charge on any atom is 0.338 e. The molecule has 0 bridgehead atoms. The summed E-state index contributed by atoms with van der Waals surface area (Å²) in [6.07, 6.45) is 2.49. The summed E-state index contributed by atoms with van der Waals surface area (Å²) >= 11 is 3.42. The summed E-state index contributed by atoms with van der Waals surface area (Å²) in [5.41, 5.74) is 1.09. The highest BCUT2D eigenvalue weighted by Crippen LogP contribution is 2.35. The number of fused-ring (bicyclic) bond motifs is 1. The van der Waals surface area contributed by atoms with Gasteiger partial charge in [0.25, 0.3) is 0 Å². The molecular weight excluding hydrogens is 354 g/mol. The first-order chi connectivity index (χ1) is 10.6. The van der Waals surface area contributed by atoms with E-state index in [1.54, 1.807) is 12.1 Å². The lowest BCUT2D eigenvalue weighted by atomic mass is 10.2. The normalized spacial score (nSPS) is 12.8. The van der Waals surface area contributed by atoms with Crippen molar-refractivity contribution in [3.8, 4) is 11.5 Å². The topological polar surface area (TPSA) is 71.7 Å². The largest absolute Gasteiger partial charge is 0.619 e. The van der Waals surface area contributed by atoms with E-state index < -0.39 is 5.97 Å². The first kappa shape index (κ1) is 14.6. The molecule has 1 aliphatic heterocycles. The van der Waals surface area contributed by atoms with Crippen molar-refractivity contribution in [3.63, 3.8) is 0 Å². The number of rotatable bonds is 3. The molecule has 0 N–H and O–H groups in total. The molecule has 0 aliphatic carbocycles. The number of halogens is 1. The molecule has 1 aromatic heterocycles. The van der Waals surface area contributed by atoms with Crippen LogP contribution in [0.3, 0.4) is 0 Å². The second kappa shape index (κ2) is 6.23. The molecule has 0 saturated carbocycles. The van der Waals surface area contributed by atoms with Gasteiger partial charge >= 0.3 is 5.97 Å². The smallest absolute Gasteiger partial charge is 0.338 e. The zero-order valence-electron chi connectivity index (χ0n) is 11.5. The van der Waals surface area contributed by atoms with Crippen LogP contribution >= 0.6 is 15.9 Å². The van der Waals surface area contributed by atoms with Crippen LogP contribution in [-0.2, 0) is 11.3 Å². The van der Waals surface area contributed by atoms with Crippen LogP contribution in [0.25, 0.3) is 0 Å². The molecule has 6 nitrogen and oxygen atoms in total. The number of hydrogen-bond acceptors (Lipinski definition) is 5. The fraction of sp³-hybridized carbons (Fsp3) is 0.200. The molecule has 0 saturated heterocycles. The Morgan fingerprint density at radius 3 is 2.55 bits per heavy atom. The quantitative estimate of drug-likeness (QED) is 0.473. The Kier molecular flexibility index (Phi) is 4.15. The Morgan fingerprint density at radius 2 is 1.86 bits per heavy atom. The number of ether oxygens (including phenoxy) is 3. The van der Waals surface area contributed by atoms with Crippen LogP contribution in [0, 0.1) is 5.21 Å². The van der Waals surface area contributed by atoms with Crippen LogP contribution in [-0.4, -0.2) is 19.2 Å². The van der Waals surface area contributed by atoms with E-state index in [1.807, 2.05) is 0 Å². The minimum Gasteiger partial charge on any atom is -0.619 e. The maximum absolute atomic E-state index is 11.9. The van der Waals surface area contributed by atoms with Gasteiger partial charge in [-0.3, -0.25) is 0 Å². The van der Waals surface area contributed by atoms with Crippen LogP contribution in [0.2, 0.25) is 0 Å². The van der Waals surface area contributed by atoms with Gasteiger partial charge in [-0.2, -0.15) is 4.73 Å². The fourth-order valence-electron chi connectivity index (χ4n) is 1.99. The van der Waals surface area contributed by atoms with Crippen molar-refractivity contribution in [2.45, 2.75) is 6.61 Å². The lowest BCUT2D eigenvalue weighted by Crippen LogP contribution is -2.24. The molecule has 1 aliphatic rings. The summed E-state index contributed by atoms with van der Waals surface area (Å²) in [7, 11) is 0. The number of aromatic nitrogens is 1. The van der Waals surface area contributed by atoms with E-state index in [2.05, 4.69) is 15.9 Å². The SMILES string of the molecule is O=C(OCc1cc2c(cc1Br)OCCO2)c1cc[n+]([O-])cc1. The Hall–Kier alpha value is -2.28. The summed E-state index contributed by atoms with van der Waals surface area (Å²) in [6, 6.07) is 6.39. The van der Waals surface area contributed by atoms with Gasteiger partial charge in [-0.1, -0.05) is 15.9 Å². The second-order valence-electron chi connectivity index (χ2n) is 4.61. The third kappa shape index (κ3) is 3.14. The minimum atomic E-state index is -0.498. The van der Waals surface area contributed by atoms with E-state index in [-0.39, 0.29) is 6.61 Å². The summed E-state index contributed by atoms with van der Waals surface area (Å²) in [5.74, 6) is 0.797. The van der Waals surface area contributed by atoms with Crippen LogP contribution in [0.5, 0.6) is 11.5 Å². The van der Waals surface area contributed by atoms with Crippen molar-refractivity contribution in [1.29, 1.82) is 0 Å². The molecule has 114 valence electrons. The molecule has 2 heterocycles. The lowest BCUT2D eigenvalue weighted by molar-refractivity contribution is -0.605. The summed E-state index contributed by atoms with van der Waals surface area (Å²) in [4.78, 5) is 11.9. The highest BCUT2D eigenvalue weighted by Gasteiger charge is 2.16. The zero-order chi connectivity index (χ0) is 15.5. The van der Waals surface area contributed by atoms with Crippen molar-refractivity contribution < 1.29 is 23.7 Å². The van der Waals surface area contributed by atoms with Gasteiger partial charge in [0, 0.05) is 22.2 Å². The standard InChI is InChI=1S/C15H12BrNO5/c16-12-8-14-13(20-5-6-21-14)7-11(12)9-22-15(18)10-1-3-17(19)4-2-10/h1-4,7-8H,5-6,9H2. The molecule has 0 amide bonds. The summed E-state index contributed by atoms with van der Waals surface area (Å²) < 4.78 is 17.6. The number of carbonyl (C=O) groups excluding carboxylic acids is 1. The van der Waals surface area contributed by atoms with Gasteiger partial charge in [-0.05, 0) is 12.1 Å². The summed E-state index contributed by atoms with van der Waals surface area (Å²) in [6.45, 7) is 1.09. The first-order valence-corrected chi connectivity index (χ1v) is 7.37. The predicted molar refractivity (Wildman–Crippen MR) is 79.7 cm³/mol. The van der Waals surface area contributed by atoms with Gasteiger partial charge in [0.05, 0.1) is 5.56 Å². The van der Waals surface area contributed by atoms with E-state index in [4.69, 9.17) is 14.2 Å². The van der Waals surface area contributed by atoms with Crippen LogP contribution in [0.15, 0.2) is 41.1 Å². The van der Waals surface area contributed by atoms with Crippen molar-refractivity contribution in [1.82, 2.24) is 0 Å². The molecule has 22 heavy (non-hydrogen) atoms. The van der Waals surface area contributed by atoms with Crippen LogP contribution < -0.4 is 14.2 Å². The molecule has 0 unspecified atom stereocenters. The average molecular weight is 366 g/mol. The highest BCUT2D eigenvalue weighted by atomic mass is 79.9. The highest BCUT2D eigenvalue weighted by molar-refractivity contribution is 9.10. The fourth-order valence-corrected chi connectivity index (χ4v) is 2.43. The predicted octanol–water partition coefficient (Wildman–Crippen LogP) is 2.21. The molecule has 0 fully saturated rings. The van der Waals surface area contributed by atoms with Crippen molar-refractivity contribution in [3.05, 3.63) is 57.5 Å². The van der Waals surface area contributed by atoms with Crippen molar-refractivity contribution >= 4 is 21.9 Å². The van der Waals surface area contributed by atoms with E-state index in [9.17, 15) is 10.0 Å². The van der Waals surface area contributed by atoms with Gasteiger partial charge in [0.2, 0.25) is 0 Å². The van der Waals surface area contributed by atoms with E-state index >= 15 is 0 Å². The zero-order valence-corrected chi connectivity index (χ0v) is 13.0. The Labute approximate surface area is 134 Å². The van der Waals surface area contributed by atoms with Gasteiger partial charge < -0.3 is 19.4 Å². The Morgan fingerprint density at radius 1 is 1.23 bits per heavy atom. The van der Waals surface area contributed by atoms with Gasteiger partial charge in [-0.15, -0.1) is 0 Å². The van der Waals surface area contributed by atoms with E-state index in [1.165, 1.54) is 24.5 Å². The molecular formula is C15H12BrNO5. The monoisotopic (exact) mass is 365 g/mol. The van der Waals surface area contributed by atoms with Crippen molar-refractivity contribution in [2.24, 2.45) is 0 Å². The summed E-state index contributed by atoms with van der Waals surface area (Å²) in [5, 5.41) is 10.9. The molecule has 0 spiro atoms. The number of benzene rings is 1. The number of pyridine rings is 1. The molecule has 1 aromatic carbocycles. The molecule has 2 aromatic rings. The van der Waals surface area contributed by atoms with Gasteiger partial charge in [-0.25, -0.2) is 4.79 Å². The molecule has 0 atom stereocenters. The first-order valence-electron chi connectivity index (χ1n) is 6.57. The van der Waals surface area contributed by atoms with Crippen LogP contribution in [0.4, 0.5) is 0 Å². The number of carbonyl (C=O) groups is 1. The van der Waals surface area contributed by atoms with Gasteiger partial charge in [0.15, 0.2) is 23.9 Å². The number of esters is 1. The third-order valence-electron chi connectivity index (χ3n) is 3.11. The van der Waals surface area contributed by atoms with Gasteiger partial charge in [0.1, 0.15) is 19.8 Å². The Bertz CT molecular complexity index is 702. The molecule has 7 heteroatoms. The average Bonchev–Trinajstić information content (AvgIpc) is 2.53. The van der Waals surface area contributed by atoms with Crippen molar-refractivity contribution in [2.75, 3.05) is 13.2 Å². The van der Waals surface area contributed by atoms with Crippen LogP contribution in [0.1, 0.15) is 15.9 Å². The number of hydrogen-bond donors (Lipinski definition) is 0. The third-order valence-corrected chi connectivity index (χ3v) is 3.85. The number of nitrogens with zero attached hydrogens (tertiary/aromatic N) is 1. The van der Waals surface area contributed by atoms with E-state index in [0.29, 0.717) is 35.0 Å². The molecule has 0 radical (unpaired) electrons. The maximum atomic E-state index is 11.9. The lowest BCUT2D eigenvalue weighted by Gasteiger charge is -2.19. The van der Waals surface area contributed by atoms with E-state index in [0.717, 1.165) is 10.0 Å². The Balaban J connectivity index is 1.71. The minimum absolute atomic E-state index is 0.0856. The molecule has 3 rings (SSSR count). The second-order valence-corrected chi connectivity index (χ2v) is 5.46.